The zero-order valence-electron chi connectivity index (χ0n) is 35.2. The number of carbonyl (C=O) groups excluding carboxylic acids is 4. The number of hydrogen-bond acceptors (Lipinski definition) is 7. The van der Waals surface area contributed by atoms with Crippen molar-refractivity contribution in [2.24, 2.45) is 0 Å². The molecule has 2 aliphatic heterocycles. The van der Waals surface area contributed by atoms with Gasteiger partial charge in [-0.15, -0.1) is 0 Å². The quantitative estimate of drug-likeness (QED) is 0.135. The summed E-state index contributed by atoms with van der Waals surface area (Å²) >= 11 is 0. The van der Waals surface area contributed by atoms with Gasteiger partial charge in [-0.1, -0.05) is 44.2 Å². The summed E-state index contributed by atoms with van der Waals surface area (Å²) in [4.78, 5) is 55.8. The first-order valence-electron chi connectivity index (χ1n) is 19.5. The highest BCUT2D eigenvalue weighted by Gasteiger charge is 2.50. The number of allylic oxidation sites excluding steroid dienone is 2. The molecule has 2 heterocycles. The van der Waals surface area contributed by atoms with Gasteiger partial charge in [0.15, 0.2) is 11.6 Å². The van der Waals surface area contributed by atoms with Crippen molar-refractivity contribution in [2.45, 2.75) is 64.5 Å². The van der Waals surface area contributed by atoms with Crippen LogP contribution >= 0.6 is 0 Å². The molecule has 320 valence electrons. The van der Waals surface area contributed by atoms with Crippen LogP contribution in [0.4, 0.5) is 17.6 Å². The molecule has 11 nitrogen and oxygen atoms in total. The van der Waals surface area contributed by atoms with Crippen LogP contribution in [0.2, 0.25) is 0 Å². The van der Waals surface area contributed by atoms with Crippen LogP contribution in [0.15, 0.2) is 90.3 Å². The van der Waals surface area contributed by atoms with Crippen LogP contribution in [0.25, 0.3) is 11.1 Å². The summed E-state index contributed by atoms with van der Waals surface area (Å²) in [5, 5.41) is 24.1. The van der Waals surface area contributed by atoms with Gasteiger partial charge in [-0.25, -0.2) is 17.6 Å². The van der Waals surface area contributed by atoms with Gasteiger partial charge in [0.2, 0.25) is 0 Å². The van der Waals surface area contributed by atoms with Crippen molar-refractivity contribution in [2.75, 3.05) is 21.2 Å². The summed E-state index contributed by atoms with van der Waals surface area (Å²) < 4.78 is 60.2. The zero-order chi connectivity index (χ0) is 45.7. The topological polar surface area (TPSA) is 156 Å². The normalized spacial score (nSPS) is 20.3. The maximum absolute atomic E-state index is 14.5. The Kier molecular flexibility index (Phi) is 13.7. The number of benzene rings is 4. The lowest BCUT2D eigenvalue weighted by Crippen LogP contribution is -2.65. The van der Waals surface area contributed by atoms with Crippen molar-refractivity contribution in [3.8, 4) is 17.9 Å². The lowest BCUT2D eigenvalue weighted by atomic mass is 9.83. The number of likely N-dealkylation sites (N-methyl/N-ethyl adjacent to an activating group) is 2. The molecule has 2 atom stereocenters. The first-order chi connectivity index (χ1) is 29.4. The average Bonchev–Trinajstić information content (AvgIpc) is 3.28. The molecule has 0 bridgehead atoms. The van der Waals surface area contributed by atoms with Gasteiger partial charge in [-0.05, 0) is 97.5 Å². The van der Waals surface area contributed by atoms with E-state index in [1.165, 1.54) is 67.3 Å². The molecule has 4 aromatic carbocycles. The summed E-state index contributed by atoms with van der Waals surface area (Å²) in [6.07, 6.45) is 1.04. The zero-order valence-corrected chi connectivity index (χ0v) is 35.2. The summed E-state index contributed by atoms with van der Waals surface area (Å²) in [6.45, 7) is 6.61. The van der Waals surface area contributed by atoms with Crippen molar-refractivity contribution in [1.82, 2.24) is 20.4 Å². The van der Waals surface area contributed by atoms with E-state index in [0.29, 0.717) is 34.4 Å². The number of amides is 4. The number of ether oxygens (including phenoxy) is 1. The van der Waals surface area contributed by atoms with Crippen LogP contribution in [0, 0.1) is 45.9 Å². The highest BCUT2D eigenvalue weighted by atomic mass is 19.2. The van der Waals surface area contributed by atoms with Crippen LogP contribution in [-0.2, 0) is 32.0 Å². The fourth-order valence-corrected chi connectivity index (χ4v) is 7.87. The molecule has 0 aliphatic carbocycles. The van der Waals surface area contributed by atoms with E-state index in [2.05, 4.69) is 16.7 Å². The summed E-state index contributed by atoms with van der Waals surface area (Å²) in [7, 11) is 4.53. The molecular formula is C47H44F4N6O5. The third-order valence-corrected chi connectivity index (χ3v) is 11.7. The van der Waals surface area contributed by atoms with Gasteiger partial charge in [0.25, 0.3) is 23.6 Å². The van der Waals surface area contributed by atoms with Crippen LogP contribution in [0.5, 0.6) is 5.75 Å². The van der Waals surface area contributed by atoms with Crippen LogP contribution in [0.3, 0.4) is 0 Å². The van der Waals surface area contributed by atoms with Gasteiger partial charge in [-0.2, -0.15) is 10.5 Å². The molecule has 6 rings (SSSR count). The van der Waals surface area contributed by atoms with Gasteiger partial charge < -0.3 is 25.2 Å². The Labute approximate surface area is 356 Å². The average molecular weight is 849 g/mol. The third-order valence-electron chi connectivity index (χ3n) is 11.7. The van der Waals surface area contributed by atoms with Crippen LogP contribution in [-0.4, -0.2) is 65.7 Å². The molecular weight excluding hydrogens is 805 g/mol. The Morgan fingerprint density at radius 1 is 0.645 bits per heavy atom. The van der Waals surface area contributed by atoms with Gasteiger partial charge in [-0.3, -0.25) is 19.2 Å². The predicted octanol–water partition coefficient (Wildman–Crippen LogP) is 7.10. The summed E-state index contributed by atoms with van der Waals surface area (Å²) in [6, 6.07) is 22.4. The Morgan fingerprint density at radius 3 is 1.47 bits per heavy atom. The summed E-state index contributed by atoms with van der Waals surface area (Å²) in [5.41, 5.74) is -0.406. The molecule has 62 heavy (non-hydrogen) atoms. The number of methoxy groups -OCH3 is 1. The summed E-state index contributed by atoms with van der Waals surface area (Å²) in [5.74, 6) is -4.59. The largest absolute Gasteiger partial charge is 0.496 e. The van der Waals surface area contributed by atoms with Gasteiger partial charge in [0, 0.05) is 38.1 Å². The molecule has 0 radical (unpaired) electrons. The maximum atomic E-state index is 14.5. The molecule has 0 saturated carbocycles. The molecule has 2 aliphatic rings. The second kappa shape index (κ2) is 18.6. The van der Waals surface area contributed by atoms with E-state index in [0.717, 1.165) is 17.7 Å². The minimum Gasteiger partial charge on any atom is -0.496 e. The monoisotopic (exact) mass is 848 g/mol. The number of halogens is 4. The van der Waals surface area contributed by atoms with E-state index in [9.17, 15) is 47.3 Å². The Hall–Kier alpha value is -7.26. The van der Waals surface area contributed by atoms with E-state index in [1.807, 2.05) is 6.92 Å². The fraction of sp³-hybridized carbons (Fsp3) is 0.277. The Morgan fingerprint density at radius 2 is 1.06 bits per heavy atom. The number of hydrogen-bond donors (Lipinski definition) is 2. The second-order valence-electron chi connectivity index (χ2n) is 14.9. The van der Waals surface area contributed by atoms with Crippen LogP contribution < -0.4 is 15.4 Å². The first-order valence-corrected chi connectivity index (χ1v) is 19.5. The van der Waals surface area contributed by atoms with E-state index in [-0.39, 0.29) is 65.0 Å². The van der Waals surface area contributed by atoms with E-state index in [4.69, 9.17) is 4.74 Å². The number of nitriles is 2. The number of piperazine rings is 2. The minimum absolute atomic E-state index is 0.0507. The van der Waals surface area contributed by atoms with E-state index in [1.54, 1.807) is 57.3 Å². The predicted molar refractivity (Wildman–Crippen MR) is 222 cm³/mol. The van der Waals surface area contributed by atoms with E-state index >= 15 is 0 Å². The molecule has 4 aromatic rings. The highest BCUT2D eigenvalue weighted by molar-refractivity contribution is 6.12. The molecule has 2 unspecified atom stereocenters. The number of nitrogens with zero attached hydrogens (tertiary/aromatic N) is 4. The Bertz CT molecular complexity index is 2600. The van der Waals surface area contributed by atoms with Crippen LogP contribution in [0.1, 0.15) is 73.9 Å². The molecule has 0 spiro atoms. The highest BCUT2D eigenvalue weighted by Crippen LogP contribution is 2.37. The molecule has 2 fully saturated rings. The van der Waals surface area contributed by atoms with Crippen molar-refractivity contribution < 1.29 is 41.5 Å². The Balaban J connectivity index is 0.000000234. The molecule has 4 amide bonds. The second-order valence-corrected chi connectivity index (χ2v) is 14.9. The van der Waals surface area contributed by atoms with Gasteiger partial charge in [0.1, 0.15) is 39.9 Å². The van der Waals surface area contributed by atoms with E-state index < -0.39 is 40.3 Å². The van der Waals surface area contributed by atoms with Crippen molar-refractivity contribution in [1.29, 1.82) is 10.5 Å². The number of rotatable bonds is 9. The molecule has 15 heteroatoms. The SMILES string of the molecule is CCC1(Cc2ccc(F)cc2)C(=O)NC(=C(C)c2c(C#N)ccc(F)c2F)C(=O)N1C.CCC1(Cc2ccc(F)cc2)C(=O)NC(=C(C)c2c(C#N)cccc2OC)C(=O)N1C. The molecule has 2 saturated heterocycles. The van der Waals surface area contributed by atoms with Gasteiger partial charge in [0.05, 0.1) is 30.4 Å². The van der Waals surface area contributed by atoms with Crippen molar-refractivity contribution in [3.63, 3.8) is 0 Å². The van der Waals surface area contributed by atoms with Crippen molar-refractivity contribution in [3.05, 3.63) is 147 Å². The molecule has 0 aromatic heterocycles. The fourth-order valence-electron chi connectivity index (χ4n) is 7.87. The smallest absolute Gasteiger partial charge is 0.271 e. The molecule has 2 N–H and O–H groups in total. The van der Waals surface area contributed by atoms with Crippen molar-refractivity contribution >= 4 is 34.8 Å². The number of nitrogens with one attached hydrogen (secondary N) is 2. The lowest BCUT2D eigenvalue weighted by Gasteiger charge is -2.44. The number of carbonyl (C=O) groups is 4. The third kappa shape index (κ3) is 8.39. The van der Waals surface area contributed by atoms with Gasteiger partial charge >= 0.3 is 0 Å². The maximum Gasteiger partial charge on any atom is 0.271 e. The standard InChI is InChI=1S/C24H24FN3O3.C23H20F3N3O2/c1-5-24(13-16-9-11-18(25)12-10-16)23(30)27-21(22(29)28(24)3)15(2)20-17(14-26)7-6-8-19(20)31-4;1-4-23(11-14-5-8-16(24)9-6-14)22(31)28-20(21(30)29(23)3)13(2)18-15(12-27)7-10-17(25)19(18)26/h6-12H,5,13H2,1-4H3,(H,27,30);5-10H,4,11H2,1-3H3,(H,28,31). The minimum atomic E-state index is -1.27. The lowest BCUT2D eigenvalue weighted by molar-refractivity contribution is -0.148. The first kappa shape index (κ1) is 45.8.